The first kappa shape index (κ1) is 15.4. The van der Waals surface area contributed by atoms with Crippen LogP contribution in [0.25, 0.3) is 11.1 Å². The molecule has 0 bridgehead atoms. The summed E-state index contributed by atoms with van der Waals surface area (Å²) in [4.78, 5) is 0. The van der Waals surface area contributed by atoms with E-state index in [0.717, 1.165) is 11.3 Å². The Hall–Kier alpha value is -0.533. The normalized spacial score (nSPS) is 16.7. The van der Waals surface area contributed by atoms with Crippen molar-refractivity contribution in [3.05, 3.63) is 53.6 Å². The first-order valence-corrected chi connectivity index (χ1v) is 9.53. The molecule has 2 aromatic rings. The standard InChI is InChI=1S/C19H22P.Li/c1-13(2)20(14(3)4)19-17-11-7-5-9-15(17)16-10-6-8-12-18(16)19;/h5-11,13-14,19H,1-4H3;. The second kappa shape index (κ2) is 5.93. The van der Waals surface area contributed by atoms with Crippen molar-refractivity contribution in [2.24, 2.45) is 0 Å². The number of benzene rings is 2. The summed E-state index contributed by atoms with van der Waals surface area (Å²) in [6, 6.07) is 15.9. The summed E-state index contributed by atoms with van der Waals surface area (Å²) in [5.41, 5.74) is 8.24. The van der Waals surface area contributed by atoms with Crippen LogP contribution in [0, 0.1) is 0 Å². The van der Waals surface area contributed by atoms with E-state index >= 15 is 0 Å². The number of rotatable bonds is 3. The van der Waals surface area contributed by atoms with E-state index in [1.165, 1.54) is 15.4 Å². The molecule has 0 fully saturated rings. The maximum atomic E-state index is 2.41. The molecule has 0 saturated heterocycles. The molecule has 1 unspecified atom stereocenters. The van der Waals surface area contributed by atoms with E-state index in [1.54, 1.807) is 11.1 Å². The van der Waals surface area contributed by atoms with E-state index in [9.17, 15) is 0 Å². The third kappa shape index (κ3) is 2.53. The molecule has 3 rings (SSSR count). The molecule has 1 atom stereocenters. The van der Waals surface area contributed by atoms with Gasteiger partial charge in [-0.25, -0.2) is 0 Å². The van der Waals surface area contributed by atoms with Crippen LogP contribution >= 0.6 is 7.92 Å². The van der Waals surface area contributed by atoms with Gasteiger partial charge < -0.3 is 0 Å². The zero-order valence-electron chi connectivity index (χ0n) is 13.7. The van der Waals surface area contributed by atoms with Crippen LogP contribution in [-0.4, -0.2) is 29.0 Å². The molecule has 0 aromatic heterocycles. The predicted octanol–water partition coefficient (Wildman–Crippen LogP) is 4.85. The van der Waals surface area contributed by atoms with Gasteiger partial charge in [0.15, 0.2) is 0 Å². The topological polar surface area (TPSA) is 0 Å². The number of hydrogen-bond donors (Lipinski definition) is 0. The second-order valence-corrected chi connectivity index (χ2v) is 10.1. The fourth-order valence-corrected chi connectivity index (χ4v) is 7.49. The second-order valence-electron chi connectivity index (χ2n) is 6.66. The van der Waals surface area contributed by atoms with Gasteiger partial charge in [-0.05, 0) is 0 Å². The zero-order valence-corrected chi connectivity index (χ0v) is 14.6. The first-order valence-electron chi connectivity index (χ1n) is 7.98. The molecule has 0 radical (unpaired) electrons. The van der Waals surface area contributed by atoms with Crippen LogP contribution in [0.1, 0.15) is 44.5 Å². The summed E-state index contributed by atoms with van der Waals surface area (Å²) >= 11 is 2.28. The summed E-state index contributed by atoms with van der Waals surface area (Å²) in [6.07, 6.45) is 0. The number of hydrogen-bond acceptors (Lipinski definition) is 0. The van der Waals surface area contributed by atoms with E-state index in [4.69, 9.17) is 0 Å². The summed E-state index contributed by atoms with van der Waals surface area (Å²) < 4.78 is 1.46. The monoisotopic (exact) mass is 288 g/mol. The van der Waals surface area contributed by atoms with Crippen molar-refractivity contribution in [1.82, 2.24) is 0 Å². The minimum absolute atomic E-state index is 0.0692. The van der Waals surface area contributed by atoms with E-state index in [1.807, 2.05) is 0 Å². The molecular weight excluding hydrogens is 266 g/mol. The van der Waals surface area contributed by atoms with Gasteiger partial charge >= 0.3 is 139 Å². The van der Waals surface area contributed by atoms with Gasteiger partial charge in [0.05, 0.1) is 0 Å². The first-order chi connectivity index (χ1) is 10.0. The summed E-state index contributed by atoms with van der Waals surface area (Å²) in [7, 11) is -0.0692. The van der Waals surface area contributed by atoms with E-state index in [2.05, 4.69) is 87.9 Å². The molecule has 0 N–H and O–H groups in total. The van der Waals surface area contributed by atoms with Gasteiger partial charge in [-0.2, -0.15) is 0 Å². The maximum absolute atomic E-state index is 2.41. The van der Waals surface area contributed by atoms with Gasteiger partial charge in [-0.15, -0.1) is 0 Å². The van der Waals surface area contributed by atoms with Gasteiger partial charge in [-0.1, -0.05) is 0 Å². The Bertz CT molecular complexity index is 652. The van der Waals surface area contributed by atoms with Crippen LogP contribution in [0.5, 0.6) is 0 Å². The fraction of sp³-hybridized carbons (Fsp3) is 0.368. The molecule has 0 heterocycles. The average Bonchev–Trinajstić information content (AvgIpc) is 2.75. The molecule has 0 spiro atoms. The van der Waals surface area contributed by atoms with E-state index in [-0.39, 0.29) is 7.92 Å². The van der Waals surface area contributed by atoms with Gasteiger partial charge in [0.2, 0.25) is 0 Å². The molecule has 0 amide bonds. The summed E-state index contributed by atoms with van der Waals surface area (Å²) in [6.45, 7) is 9.63. The van der Waals surface area contributed by atoms with Gasteiger partial charge in [-0.3, -0.25) is 0 Å². The third-order valence-electron chi connectivity index (χ3n) is 4.63. The third-order valence-corrected chi connectivity index (χ3v) is 8.15. The van der Waals surface area contributed by atoms with E-state index in [0.29, 0.717) is 5.66 Å². The van der Waals surface area contributed by atoms with Crippen LogP contribution in [-0.2, 0) is 0 Å². The number of fused-ring (bicyclic) bond motifs is 3. The minimum atomic E-state index is -0.0692. The van der Waals surface area contributed by atoms with Crippen LogP contribution in [0.15, 0.2) is 42.5 Å². The van der Waals surface area contributed by atoms with Crippen molar-refractivity contribution in [3.8, 4) is 11.1 Å². The van der Waals surface area contributed by atoms with Crippen molar-refractivity contribution in [3.63, 3.8) is 0 Å². The van der Waals surface area contributed by atoms with Crippen molar-refractivity contribution in [2.45, 2.75) is 44.7 Å². The van der Waals surface area contributed by atoms with Gasteiger partial charge in [0, 0.05) is 0 Å². The molecule has 1 aliphatic carbocycles. The Morgan fingerprint density at radius 2 is 1.48 bits per heavy atom. The fourth-order valence-electron chi connectivity index (χ4n) is 3.92. The molecule has 2 heteroatoms. The Labute approximate surface area is 139 Å². The predicted molar refractivity (Wildman–Crippen MR) is 96.3 cm³/mol. The molecule has 0 aliphatic heterocycles. The van der Waals surface area contributed by atoms with E-state index < -0.39 is 0 Å². The van der Waals surface area contributed by atoms with Crippen molar-refractivity contribution in [2.75, 3.05) is 0 Å². The van der Waals surface area contributed by atoms with Crippen LogP contribution < -0.4 is 4.24 Å². The Morgan fingerprint density at radius 1 is 0.857 bits per heavy atom. The summed E-state index contributed by atoms with van der Waals surface area (Å²) in [5, 5.41) is 0. The average molecular weight is 288 g/mol. The molecule has 1 aliphatic rings. The Balaban J connectivity index is 2.26. The van der Waals surface area contributed by atoms with Gasteiger partial charge in [0.25, 0.3) is 0 Å². The van der Waals surface area contributed by atoms with Crippen LogP contribution in [0.4, 0.5) is 0 Å². The van der Waals surface area contributed by atoms with Gasteiger partial charge in [0.1, 0.15) is 0 Å². The van der Waals surface area contributed by atoms with Crippen molar-refractivity contribution in [1.29, 1.82) is 0 Å². The van der Waals surface area contributed by atoms with Crippen LogP contribution in [0.3, 0.4) is 0 Å². The molecular formula is C19H22LiP. The van der Waals surface area contributed by atoms with Crippen molar-refractivity contribution >= 4 is 29.9 Å². The molecule has 2 aromatic carbocycles. The molecule has 0 saturated carbocycles. The Kier molecular flexibility index (Phi) is 4.34. The van der Waals surface area contributed by atoms with Crippen molar-refractivity contribution < 1.29 is 0 Å². The molecule has 104 valence electrons. The molecule has 0 nitrogen and oxygen atoms in total. The van der Waals surface area contributed by atoms with Crippen LogP contribution in [0.2, 0.25) is 0 Å². The zero-order chi connectivity index (χ0) is 15.1. The summed E-state index contributed by atoms with van der Waals surface area (Å²) in [5.74, 6) is 0. The Morgan fingerprint density at radius 3 is 2.14 bits per heavy atom. The molecule has 21 heavy (non-hydrogen) atoms. The SMILES string of the molecule is [Li][c]1cccc2c1C(P(C(C)C)C(C)C)c1ccccc1-2. The quantitative estimate of drug-likeness (QED) is 0.559.